The van der Waals surface area contributed by atoms with Crippen LogP contribution in [0.1, 0.15) is 51.9 Å². The molecule has 2 aromatic rings. The van der Waals surface area contributed by atoms with Crippen molar-refractivity contribution in [3.05, 3.63) is 70.3 Å². The van der Waals surface area contributed by atoms with E-state index in [0.29, 0.717) is 6.54 Å². The van der Waals surface area contributed by atoms with E-state index in [9.17, 15) is 4.79 Å². The maximum atomic E-state index is 12.8. The summed E-state index contributed by atoms with van der Waals surface area (Å²) in [5.41, 5.74) is 5.80. The fourth-order valence-electron chi connectivity index (χ4n) is 3.66. The molecule has 3 rings (SSSR count). The van der Waals surface area contributed by atoms with Crippen molar-refractivity contribution in [2.45, 2.75) is 46.2 Å². The van der Waals surface area contributed by atoms with Crippen molar-refractivity contribution >= 4 is 5.91 Å². The second-order valence-electron chi connectivity index (χ2n) is 7.55. The van der Waals surface area contributed by atoms with Crippen molar-refractivity contribution in [3.8, 4) is 0 Å². The van der Waals surface area contributed by atoms with Crippen LogP contribution in [-0.4, -0.2) is 35.8 Å². The molecule has 1 amide bonds. The van der Waals surface area contributed by atoms with Crippen LogP contribution in [0.15, 0.2) is 42.5 Å². The van der Waals surface area contributed by atoms with Gasteiger partial charge in [-0.25, -0.2) is 0 Å². The fourth-order valence-corrected chi connectivity index (χ4v) is 3.66. The number of carbonyl (C=O) groups is 1. The van der Waals surface area contributed by atoms with Crippen LogP contribution in [0.5, 0.6) is 0 Å². The number of piperidine rings is 1. The summed E-state index contributed by atoms with van der Waals surface area (Å²) in [5.74, 6) is 0.0791. The molecule has 2 aromatic carbocycles. The third-order valence-corrected chi connectivity index (χ3v) is 5.53. The maximum absolute atomic E-state index is 12.8. The number of aryl methyl sites for hydroxylation is 1. The number of carbonyl (C=O) groups excluding carboxylic acids is 1. The molecular formula is C23H30N2O. The van der Waals surface area contributed by atoms with E-state index in [0.717, 1.165) is 12.1 Å². The lowest BCUT2D eigenvalue weighted by atomic mass is 10.0. The number of benzene rings is 2. The highest BCUT2D eigenvalue weighted by Gasteiger charge is 2.14. The van der Waals surface area contributed by atoms with Crippen molar-refractivity contribution in [2.75, 3.05) is 20.1 Å². The minimum Gasteiger partial charge on any atom is -0.337 e. The third-order valence-electron chi connectivity index (χ3n) is 5.53. The molecule has 3 heteroatoms. The summed E-state index contributed by atoms with van der Waals surface area (Å²) in [7, 11) is 1.88. The number of likely N-dealkylation sites (tertiary alicyclic amines) is 1. The van der Waals surface area contributed by atoms with Gasteiger partial charge in [0.25, 0.3) is 5.91 Å². The van der Waals surface area contributed by atoms with Gasteiger partial charge in [0.1, 0.15) is 0 Å². The molecule has 1 saturated heterocycles. The first-order valence-electron chi connectivity index (χ1n) is 9.66. The molecule has 0 unspecified atom stereocenters. The molecule has 3 nitrogen and oxygen atoms in total. The molecule has 0 radical (unpaired) electrons. The van der Waals surface area contributed by atoms with Gasteiger partial charge in [0.2, 0.25) is 0 Å². The summed E-state index contributed by atoms with van der Waals surface area (Å²) in [6.07, 6.45) is 3.97. The SMILES string of the molecule is Cc1cccc(CN(C)C(=O)c2ccc(CN3CCCCC3)cc2)c1C. The zero-order chi connectivity index (χ0) is 18.5. The molecule has 0 aromatic heterocycles. The lowest BCUT2D eigenvalue weighted by Crippen LogP contribution is -2.29. The lowest BCUT2D eigenvalue weighted by molar-refractivity contribution is 0.0785. The van der Waals surface area contributed by atoms with E-state index in [4.69, 9.17) is 0 Å². The average Bonchev–Trinajstić information content (AvgIpc) is 2.66. The van der Waals surface area contributed by atoms with E-state index in [2.05, 4.69) is 49.1 Å². The van der Waals surface area contributed by atoms with Crippen LogP contribution in [0.25, 0.3) is 0 Å². The third kappa shape index (κ3) is 4.53. The van der Waals surface area contributed by atoms with E-state index < -0.39 is 0 Å². The molecule has 0 aliphatic carbocycles. The molecule has 138 valence electrons. The Balaban J connectivity index is 1.62. The van der Waals surface area contributed by atoms with Gasteiger partial charge in [-0.15, -0.1) is 0 Å². The predicted molar refractivity (Wildman–Crippen MR) is 107 cm³/mol. The van der Waals surface area contributed by atoms with Gasteiger partial charge in [0.05, 0.1) is 0 Å². The van der Waals surface area contributed by atoms with Crippen LogP contribution in [0.3, 0.4) is 0 Å². The Labute approximate surface area is 157 Å². The topological polar surface area (TPSA) is 23.6 Å². The Morgan fingerprint density at radius 1 is 1.00 bits per heavy atom. The number of amides is 1. The van der Waals surface area contributed by atoms with Crippen molar-refractivity contribution in [2.24, 2.45) is 0 Å². The zero-order valence-corrected chi connectivity index (χ0v) is 16.3. The van der Waals surface area contributed by atoms with E-state index in [1.165, 1.54) is 54.6 Å². The van der Waals surface area contributed by atoms with Gasteiger partial charge in [-0.3, -0.25) is 9.69 Å². The first kappa shape index (κ1) is 18.7. The summed E-state index contributed by atoms with van der Waals surface area (Å²) >= 11 is 0. The standard InChI is InChI=1S/C23H30N2O/c1-18-8-7-9-22(19(18)2)17-24(3)23(26)21-12-10-20(11-13-21)16-25-14-5-4-6-15-25/h7-13H,4-6,14-17H2,1-3H3. The number of rotatable bonds is 5. The van der Waals surface area contributed by atoms with Crippen molar-refractivity contribution < 1.29 is 4.79 Å². The predicted octanol–water partition coefficient (Wildman–Crippen LogP) is 4.56. The molecule has 0 atom stereocenters. The van der Waals surface area contributed by atoms with Crippen LogP contribution in [-0.2, 0) is 13.1 Å². The first-order valence-corrected chi connectivity index (χ1v) is 9.66. The van der Waals surface area contributed by atoms with Crippen LogP contribution >= 0.6 is 0 Å². The van der Waals surface area contributed by atoms with Gasteiger partial charge in [-0.2, -0.15) is 0 Å². The average molecular weight is 351 g/mol. The summed E-state index contributed by atoms with van der Waals surface area (Å²) in [5, 5.41) is 0. The van der Waals surface area contributed by atoms with E-state index in [-0.39, 0.29) is 5.91 Å². The van der Waals surface area contributed by atoms with Crippen molar-refractivity contribution in [1.82, 2.24) is 9.80 Å². The number of hydrogen-bond acceptors (Lipinski definition) is 2. The normalized spacial score (nSPS) is 15.0. The van der Waals surface area contributed by atoms with E-state index in [1.807, 2.05) is 19.2 Å². The molecule has 0 N–H and O–H groups in total. The lowest BCUT2D eigenvalue weighted by Gasteiger charge is -2.26. The van der Waals surface area contributed by atoms with Gasteiger partial charge >= 0.3 is 0 Å². The highest BCUT2D eigenvalue weighted by molar-refractivity contribution is 5.94. The van der Waals surface area contributed by atoms with Crippen LogP contribution < -0.4 is 0 Å². The van der Waals surface area contributed by atoms with Crippen molar-refractivity contribution in [1.29, 1.82) is 0 Å². The Kier molecular flexibility index (Phi) is 6.10. The molecule has 1 fully saturated rings. The minimum atomic E-state index is 0.0791. The second kappa shape index (κ2) is 8.50. The molecule has 0 spiro atoms. The van der Waals surface area contributed by atoms with E-state index >= 15 is 0 Å². The van der Waals surface area contributed by atoms with Crippen LogP contribution in [0, 0.1) is 13.8 Å². The van der Waals surface area contributed by atoms with Crippen LogP contribution in [0.4, 0.5) is 0 Å². The maximum Gasteiger partial charge on any atom is 0.253 e. The smallest absolute Gasteiger partial charge is 0.253 e. The van der Waals surface area contributed by atoms with Gasteiger partial charge in [-0.05, 0) is 74.2 Å². The molecule has 0 bridgehead atoms. The summed E-state index contributed by atoms with van der Waals surface area (Å²) in [6, 6.07) is 14.4. The minimum absolute atomic E-state index is 0.0791. The Bertz CT molecular complexity index is 745. The Morgan fingerprint density at radius 3 is 2.38 bits per heavy atom. The Morgan fingerprint density at radius 2 is 1.69 bits per heavy atom. The zero-order valence-electron chi connectivity index (χ0n) is 16.3. The molecular weight excluding hydrogens is 320 g/mol. The van der Waals surface area contributed by atoms with Gasteiger partial charge in [-0.1, -0.05) is 36.8 Å². The molecule has 1 aliphatic heterocycles. The van der Waals surface area contributed by atoms with Gasteiger partial charge in [0, 0.05) is 25.7 Å². The Hall–Kier alpha value is -2.13. The fraction of sp³-hybridized carbons (Fsp3) is 0.435. The van der Waals surface area contributed by atoms with Crippen molar-refractivity contribution in [3.63, 3.8) is 0 Å². The summed E-state index contributed by atoms with van der Waals surface area (Å²) < 4.78 is 0. The molecule has 0 saturated carbocycles. The summed E-state index contributed by atoms with van der Waals surface area (Å²) in [4.78, 5) is 17.1. The molecule has 1 aliphatic rings. The first-order chi connectivity index (χ1) is 12.5. The van der Waals surface area contributed by atoms with E-state index in [1.54, 1.807) is 4.90 Å². The number of hydrogen-bond donors (Lipinski definition) is 0. The second-order valence-corrected chi connectivity index (χ2v) is 7.55. The molecule has 26 heavy (non-hydrogen) atoms. The monoisotopic (exact) mass is 350 g/mol. The molecule has 1 heterocycles. The van der Waals surface area contributed by atoms with Gasteiger partial charge in [0.15, 0.2) is 0 Å². The largest absolute Gasteiger partial charge is 0.337 e. The highest BCUT2D eigenvalue weighted by Crippen LogP contribution is 2.17. The van der Waals surface area contributed by atoms with Crippen LogP contribution in [0.2, 0.25) is 0 Å². The highest BCUT2D eigenvalue weighted by atomic mass is 16.2. The number of nitrogens with zero attached hydrogens (tertiary/aromatic N) is 2. The quantitative estimate of drug-likeness (QED) is 0.789. The summed E-state index contributed by atoms with van der Waals surface area (Å²) in [6.45, 7) is 8.26. The van der Waals surface area contributed by atoms with Gasteiger partial charge < -0.3 is 4.90 Å².